The SMILES string of the molecule is COc1nc(C(F)(F)F)cc(-c2ccc(S(C)(=O)=O)cc2)c1-c1ccc(F)cc1. The minimum Gasteiger partial charge on any atom is -0.481 e. The minimum absolute atomic E-state index is 0.0293. The van der Waals surface area contributed by atoms with Crippen molar-refractivity contribution in [1.29, 1.82) is 0 Å². The fraction of sp³-hybridized carbons (Fsp3) is 0.150. The molecule has 0 unspecified atom stereocenters. The van der Waals surface area contributed by atoms with Crippen LogP contribution in [0.2, 0.25) is 0 Å². The topological polar surface area (TPSA) is 56.3 Å². The first-order valence-corrected chi connectivity index (χ1v) is 10.1. The molecule has 0 amide bonds. The zero-order valence-corrected chi connectivity index (χ0v) is 16.1. The number of pyridine rings is 1. The number of benzene rings is 2. The van der Waals surface area contributed by atoms with Gasteiger partial charge in [-0.15, -0.1) is 0 Å². The van der Waals surface area contributed by atoms with Crippen molar-refractivity contribution in [3.63, 3.8) is 0 Å². The van der Waals surface area contributed by atoms with Crippen LogP contribution in [0, 0.1) is 5.82 Å². The molecule has 0 N–H and O–H groups in total. The van der Waals surface area contributed by atoms with Gasteiger partial charge in [0.1, 0.15) is 11.5 Å². The summed E-state index contributed by atoms with van der Waals surface area (Å²) in [6.07, 6.45) is -3.70. The maximum atomic E-state index is 13.4. The van der Waals surface area contributed by atoms with Gasteiger partial charge in [0.2, 0.25) is 5.88 Å². The van der Waals surface area contributed by atoms with E-state index in [1.807, 2.05) is 0 Å². The van der Waals surface area contributed by atoms with Gasteiger partial charge in [-0.05, 0) is 47.0 Å². The maximum absolute atomic E-state index is 13.4. The third kappa shape index (κ3) is 4.40. The number of rotatable bonds is 4. The molecule has 0 aliphatic rings. The van der Waals surface area contributed by atoms with E-state index in [1.54, 1.807) is 0 Å². The second kappa shape index (κ2) is 7.47. The number of nitrogens with zero attached hydrogens (tertiary/aromatic N) is 1. The lowest BCUT2D eigenvalue weighted by Gasteiger charge is -2.17. The van der Waals surface area contributed by atoms with Gasteiger partial charge in [-0.1, -0.05) is 24.3 Å². The number of ether oxygens (including phenoxy) is 1. The molecule has 0 saturated carbocycles. The van der Waals surface area contributed by atoms with E-state index in [-0.39, 0.29) is 21.9 Å². The zero-order chi connectivity index (χ0) is 21.4. The van der Waals surface area contributed by atoms with Gasteiger partial charge in [0.05, 0.1) is 17.6 Å². The van der Waals surface area contributed by atoms with E-state index in [9.17, 15) is 26.0 Å². The Bertz CT molecular complexity index is 1140. The van der Waals surface area contributed by atoms with E-state index in [4.69, 9.17) is 4.74 Å². The van der Waals surface area contributed by atoms with Gasteiger partial charge in [-0.3, -0.25) is 0 Å². The highest BCUT2D eigenvalue weighted by Gasteiger charge is 2.35. The average molecular weight is 425 g/mol. The first kappa shape index (κ1) is 20.8. The van der Waals surface area contributed by atoms with Gasteiger partial charge in [0, 0.05) is 6.26 Å². The van der Waals surface area contributed by atoms with Gasteiger partial charge in [0.15, 0.2) is 9.84 Å². The minimum atomic E-state index is -4.73. The number of sulfone groups is 1. The number of alkyl halides is 3. The molecule has 0 radical (unpaired) electrons. The third-order valence-electron chi connectivity index (χ3n) is 4.20. The largest absolute Gasteiger partial charge is 0.481 e. The molecular weight excluding hydrogens is 410 g/mol. The molecule has 2 aromatic carbocycles. The molecule has 4 nitrogen and oxygen atoms in total. The molecule has 0 bridgehead atoms. The van der Waals surface area contributed by atoms with Crippen LogP contribution < -0.4 is 4.74 Å². The molecule has 0 aliphatic carbocycles. The number of halogens is 4. The van der Waals surface area contributed by atoms with Crippen molar-refractivity contribution >= 4 is 9.84 Å². The van der Waals surface area contributed by atoms with Crippen LogP contribution in [0.5, 0.6) is 5.88 Å². The lowest BCUT2D eigenvalue weighted by Crippen LogP contribution is -2.10. The summed E-state index contributed by atoms with van der Waals surface area (Å²) < 4.78 is 81.9. The predicted molar refractivity (Wildman–Crippen MR) is 99.7 cm³/mol. The van der Waals surface area contributed by atoms with E-state index in [2.05, 4.69) is 4.98 Å². The van der Waals surface area contributed by atoms with E-state index >= 15 is 0 Å². The second-order valence-electron chi connectivity index (χ2n) is 6.24. The highest BCUT2D eigenvalue weighted by atomic mass is 32.2. The molecule has 152 valence electrons. The summed E-state index contributed by atoms with van der Waals surface area (Å²) in [5.74, 6) is -0.791. The number of hydrogen-bond acceptors (Lipinski definition) is 4. The number of methoxy groups -OCH3 is 1. The van der Waals surface area contributed by atoms with Crippen molar-refractivity contribution < 1.29 is 30.7 Å². The second-order valence-corrected chi connectivity index (χ2v) is 8.26. The van der Waals surface area contributed by atoms with Gasteiger partial charge in [-0.25, -0.2) is 17.8 Å². The Hall–Kier alpha value is -2.94. The molecule has 29 heavy (non-hydrogen) atoms. The maximum Gasteiger partial charge on any atom is 0.433 e. The van der Waals surface area contributed by atoms with Gasteiger partial charge >= 0.3 is 6.18 Å². The average Bonchev–Trinajstić information content (AvgIpc) is 2.66. The fourth-order valence-electron chi connectivity index (χ4n) is 2.82. The fourth-order valence-corrected chi connectivity index (χ4v) is 3.45. The van der Waals surface area contributed by atoms with Crippen molar-refractivity contribution in [3.8, 4) is 28.1 Å². The van der Waals surface area contributed by atoms with Crippen molar-refractivity contribution in [1.82, 2.24) is 4.98 Å². The van der Waals surface area contributed by atoms with Crippen LogP contribution in [0.1, 0.15) is 5.69 Å². The Labute approximate surface area is 164 Å². The highest BCUT2D eigenvalue weighted by molar-refractivity contribution is 7.90. The van der Waals surface area contributed by atoms with E-state index < -0.39 is 27.5 Å². The third-order valence-corrected chi connectivity index (χ3v) is 5.32. The summed E-state index contributed by atoms with van der Waals surface area (Å²) in [6.45, 7) is 0. The summed E-state index contributed by atoms with van der Waals surface area (Å²) in [7, 11) is -2.29. The molecule has 0 fully saturated rings. The summed E-state index contributed by atoms with van der Waals surface area (Å²) in [5.41, 5.74) is -0.0968. The van der Waals surface area contributed by atoms with Crippen LogP contribution in [0.4, 0.5) is 17.6 Å². The van der Waals surface area contributed by atoms with Crippen molar-refractivity contribution in [3.05, 3.63) is 66.1 Å². The Morgan fingerprint density at radius 2 is 1.48 bits per heavy atom. The molecule has 9 heteroatoms. The number of aromatic nitrogens is 1. The standard InChI is InChI=1S/C20H15F4NO3S/c1-28-19-18(13-3-7-14(21)8-4-13)16(11-17(25-19)20(22,23)24)12-5-9-15(10-6-12)29(2,26)27/h3-11H,1-2H3. The van der Waals surface area contributed by atoms with E-state index in [0.717, 1.165) is 12.3 Å². The van der Waals surface area contributed by atoms with E-state index in [1.165, 1.54) is 55.6 Å². The van der Waals surface area contributed by atoms with Crippen molar-refractivity contribution in [2.45, 2.75) is 11.1 Å². The predicted octanol–water partition coefficient (Wildman–Crippen LogP) is 4.99. The highest BCUT2D eigenvalue weighted by Crippen LogP contribution is 2.42. The van der Waals surface area contributed by atoms with Crippen LogP contribution in [0.25, 0.3) is 22.3 Å². The lowest BCUT2D eigenvalue weighted by atomic mass is 9.95. The Morgan fingerprint density at radius 1 is 0.931 bits per heavy atom. The lowest BCUT2D eigenvalue weighted by molar-refractivity contribution is -0.141. The summed E-state index contributed by atoms with van der Waals surface area (Å²) in [6, 6.07) is 11.4. The summed E-state index contributed by atoms with van der Waals surface area (Å²) >= 11 is 0. The Morgan fingerprint density at radius 3 is 1.97 bits per heavy atom. The normalized spacial score (nSPS) is 12.1. The zero-order valence-electron chi connectivity index (χ0n) is 15.3. The Balaban J connectivity index is 2.31. The molecule has 0 atom stereocenters. The van der Waals surface area contributed by atoms with Crippen molar-refractivity contribution in [2.75, 3.05) is 13.4 Å². The van der Waals surface area contributed by atoms with Crippen LogP contribution in [-0.2, 0) is 16.0 Å². The summed E-state index contributed by atoms with van der Waals surface area (Å²) in [4.78, 5) is 3.60. The molecule has 0 spiro atoms. The van der Waals surface area contributed by atoms with Crippen LogP contribution in [0.3, 0.4) is 0 Å². The first-order valence-electron chi connectivity index (χ1n) is 8.23. The quantitative estimate of drug-likeness (QED) is 0.553. The molecule has 0 saturated heterocycles. The number of hydrogen-bond donors (Lipinski definition) is 0. The van der Waals surface area contributed by atoms with Crippen LogP contribution in [-0.4, -0.2) is 26.8 Å². The monoisotopic (exact) mass is 425 g/mol. The van der Waals surface area contributed by atoms with Gasteiger partial charge in [-0.2, -0.15) is 13.2 Å². The van der Waals surface area contributed by atoms with Gasteiger partial charge < -0.3 is 4.74 Å². The molecule has 1 heterocycles. The van der Waals surface area contributed by atoms with Gasteiger partial charge in [0.25, 0.3) is 0 Å². The smallest absolute Gasteiger partial charge is 0.433 e. The summed E-state index contributed by atoms with van der Waals surface area (Å²) in [5, 5.41) is 0. The van der Waals surface area contributed by atoms with Crippen LogP contribution in [0.15, 0.2) is 59.5 Å². The molecule has 3 aromatic rings. The molecule has 0 aliphatic heterocycles. The van der Waals surface area contributed by atoms with E-state index in [0.29, 0.717) is 11.1 Å². The molecular formula is C20H15F4NO3S. The Kier molecular flexibility index (Phi) is 5.36. The van der Waals surface area contributed by atoms with Crippen LogP contribution >= 0.6 is 0 Å². The van der Waals surface area contributed by atoms with Crippen molar-refractivity contribution in [2.24, 2.45) is 0 Å². The first-order chi connectivity index (χ1) is 13.5. The molecule has 1 aromatic heterocycles. The molecule has 3 rings (SSSR count).